The molecular weight excluding hydrogens is 146 g/mol. The number of nitrogens with zero attached hydrogens (tertiary/aromatic N) is 1. The molecule has 0 radical (unpaired) electrons. The molecule has 0 aromatic carbocycles. The first-order valence-corrected chi connectivity index (χ1v) is 4.50. The maximum Gasteiger partial charge on any atom is 0.0707 e. The molecule has 10 heavy (non-hydrogen) atoms. The zero-order valence-corrected chi connectivity index (χ0v) is 6.89. The van der Waals surface area contributed by atoms with Crippen LogP contribution in [0.5, 0.6) is 0 Å². The average molecular weight is 159 g/mol. The molecule has 0 N–H and O–H groups in total. The van der Waals surface area contributed by atoms with Crippen LogP contribution in [0.25, 0.3) is 0 Å². The van der Waals surface area contributed by atoms with Gasteiger partial charge < -0.3 is 4.74 Å². The lowest BCUT2D eigenvalue weighted by Crippen LogP contribution is -2.41. The number of rotatable bonds is 1. The first-order chi connectivity index (χ1) is 4.88. The summed E-state index contributed by atoms with van der Waals surface area (Å²) < 4.78 is 5.65. The number of morpholine rings is 1. The molecule has 0 saturated carbocycles. The van der Waals surface area contributed by atoms with E-state index in [4.69, 9.17) is 4.74 Å². The molecule has 2 atom stereocenters. The molecular formula is C7H13NOS. The highest BCUT2D eigenvalue weighted by Crippen LogP contribution is 2.25. The molecule has 3 heteroatoms. The molecule has 58 valence electrons. The molecule has 2 unspecified atom stereocenters. The fraction of sp³-hybridized carbons (Fsp3) is 1.00. The van der Waals surface area contributed by atoms with E-state index in [1.165, 1.54) is 12.8 Å². The van der Waals surface area contributed by atoms with E-state index >= 15 is 0 Å². The molecule has 2 bridgehead atoms. The van der Waals surface area contributed by atoms with Gasteiger partial charge in [-0.1, -0.05) is 0 Å². The number of thiol groups is 1. The van der Waals surface area contributed by atoms with E-state index in [9.17, 15) is 0 Å². The van der Waals surface area contributed by atoms with Gasteiger partial charge in [-0.15, -0.1) is 0 Å². The summed E-state index contributed by atoms with van der Waals surface area (Å²) in [5, 5.41) is 0. The molecule has 0 aromatic rings. The molecule has 0 aliphatic carbocycles. The Balaban J connectivity index is 1.96. The van der Waals surface area contributed by atoms with Crippen LogP contribution < -0.4 is 0 Å². The first kappa shape index (κ1) is 6.95. The van der Waals surface area contributed by atoms with Gasteiger partial charge in [0, 0.05) is 19.0 Å². The highest BCUT2D eigenvalue weighted by atomic mass is 32.1. The molecule has 2 heterocycles. The van der Waals surface area contributed by atoms with E-state index in [1.807, 2.05) is 0 Å². The molecule has 0 aromatic heterocycles. The predicted octanol–water partition coefficient (Wildman–Crippen LogP) is 0.737. The van der Waals surface area contributed by atoms with Gasteiger partial charge in [0.05, 0.1) is 12.2 Å². The maximum absolute atomic E-state index is 5.65. The lowest BCUT2D eigenvalue weighted by atomic mass is 10.2. The van der Waals surface area contributed by atoms with Crippen molar-refractivity contribution in [3.8, 4) is 0 Å². The maximum atomic E-state index is 5.65. The largest absolute Gasteiger partial charge is 0.372 e. The van der Waals surface area contributed by atoms with Crippen molar-refractivity contribution in [2.24, 2.45) is 0 Å². The molecule has 2 aliphatic rings. The minimum atomic E-state index is 0.519. The Morgan fingerprint density at radius 3 is 2.40 bits per heavy atom. The predicted molar refractivity (Wildman–Crippen MR) is 43.3 cm³/mol. The second kappa shape index (κ2) is 2.72. The summed E-state index contributed by atoms with van der Waals surface area (Å²) >= 11 is 4.24. The Morgan fingerprint density at radius 2 is 1.90 bits per heavy atom. The van der Waals surface area contributed by atoms with Crippen molar-refractivity contribution < 1.29 is 4.74 Å². The van der Waals surface area contributed by atoms with Gasteiger partial charge in [-0.05, 0) is 12.8 Å². The van der Waals surface area contributed by atoms with Gasteiger partial charge in [0.1, 0.15) is 0 Å². The van der Waals surface area contributed by atoms with Crippen LogP contribution in [-0.4, -0.2) is 36.1 Å². The number of hydrogen-bond donors (Lipinski definition) is 1. The second-order valence-corrected chi connectivity index (χ2v) is 3.42. The smallest absolute Gasteiger partial charge is 0.0707 e. The van der Waals surface area contributed by atoms with Crippen LogP contribution in [0.4, 0.5) is 0 Å². The summed E-state index contributed by atoms with van der Waals surface area (Å²) in [4.78, 5) is 2.36. The molecule has 2 rings (SSSR count). The van der Waals surface area contributed by atoms with Crippen LogP contribution >= 0.6 is 12.6 Å². The van der Waals surface area contributed by atoms with Gasteiger partial charge in [-0.3, -0.25) is 4.90 Å². The minimum absolute atomic E-state index is 0.519. The van der Waals surface area contributed by atoms with Crippen molar-refractivity contribution >= 4 is 12.6 Å². The summed E-state index contributed by atoms with van der Waals surface area (Å²) in [6, 6.07) is 0. The van der Waals surface area contributed by atoms with Gasteiger partial charge in [-0.2, -0.15) is 12.6 Å². The van der Waals surface area contributed by atoms with Crippen LogP contribution in [0.2, 0.25) is 0 Å². The molecule has 2 fully saturated rings. The van der Waals surface area contributed by atoms with Crippen LogP contribution in [0.15, 0.2) is 0 Å². The summed E-state index contributed by atoms with van der Waals surface area (Å²) in [5.41, 5.74) is 0. The zero-order chi connectivity index (χ0) is 6.97. The van der Waals surface area contributed by atoms with Crippen LogP contribution in [0.3, 0.4) is 0 Å². The SMILES string of the molecule is SCN1CC2CCC(C1)O2. The standard InChI is InChI=1S/C7H13NOS/c10-5-8-3-6-1-2-7(4-8)9-6/h6-7,10H,1-5H2. The zero-order valence-electron chi connectivity index (χ0n) is 5.99. The van der Waals surface area contributed by atoms with E-state index in [0.717, 1.165) is 19.0 Å². The number of hydrogen-bond acceptors (Lipinski definition) is 3. The van der Waals surface area contributed by atoms with E-state index in [-0.39, 0.29) is 0 Å². The molecule has 0 amide bonds. The van der Waals surface area contributed by atoms with Crippen molar-refractivity contribution in [1.29, 1.82) is 0 Å². The summed E-state index contributed by atoms with van der Waals surface area (Å²) in [6.07, 6.45) is 3.56. The fourth-order valence-corrected chi connectivity index (χ4v) is 2.05. The second-order valence-electron chi connectivity index (χ2n) is 3.13. The monoisotopic (exact) mass is 159 g/mol. The Hall–Kier alpha value is 0.270. The topological polar surface area (TPSA) is 12.5 Å². The van der Waals surface area contributed by atoms with Crippen LogP contribution in [0, 0.1) is 0 Å². The van der Waals surface area contributed by atoms with E-state index in [0.29, 0.717) is 12.2 Å². The minimum Gasteiger partial charge on any atom is -0.372 e. The lowest BCUT2D eigenvalue weighted by Gasteiger charge is -2.30. The van der Waals surface area contributed by atoms with Crippen LogP contribution in [-0.2, 0) is 4.74 Å². The first-order valence-electron chi connectivity index (χ1n) is 3.87. The van der Waals surface area contributed by atoms with E-state index in [2.05, 4.69) is 17.5 Å². The summed E-state index contributed by atoms with van der Waals surface area (Å²) in [7, 11) is 0. The van der Waals surface area contributed by atoms with Gasteiger partial charge in [0.15, 0.2) is 0 Å². The van der Waals surface area contributed by atoms with Crippen molar-refractivity contribution in [3.63, 3.8) is 0 Å². The average Bonchev–Trinajstić information content (AvgIpc) is 2.30. The third kappa shape index (κ3) is 1.18. The normalized spacial score (nSPS) is 40.5. The van der Waals surface area contributed by atoms with Gasteiger partial charge >= 0.3 is 0 Å². The van der Waals surface area contributed by atoms with Gasteiger partial charge in [0.25, 0.3) is 0 Å². The summed E-state index contributed by atoms with van der Waals surface area (Å²) in [5.74, 6) is 0.885. The molecule has 2 nitrogen and oxygen atoms in total. The Bertz CT molecular complexity index is 119. The lowest BCUT2D eigenvalue weighted by molar-refractivity contribution is -0.0314. The van der Waals surface area contributed by atoms with Gasteiger partial charge in [-0.25, -0.2) is 0 Å². The quantitative estimate of drug-likeness (QED) is 0.566. The van der Waals surface area contributed by atoms with Gasteiger partial charge in [0.2, 0.25) is 0 Å². The van der Waals surface area contributed by atoms with Crippen molar-refractivity contribution in [2.45, 2.75) is 25.0 Å². The van der Waals surface area contributed by atoms with Crippen molar-refractivity contribution in [2.75, 3.05) is 19.0 Å². The van der Waals surface area contributed by atoms with E-state index in [1.54, 1.807) is 0 Å². The fourth-order valence-electron chi connectivity index (χ4n) is 1.81. The van der Waals surface area contributed by atoms with Crippen molar-refractivity contribution in [1.82, 2.24) is 4.90 Å². The highest BCUT2D eigenvalue weighted by molar-refractivity contribution is 7.80. The third-order valence-corrected chi connectivity index (χ3v) is 2.72. The highest BCUT2D eigenvalue weighted by Gasteiger charge is 2.32. The number of fused-ring (bicyclic) bond motifs is 2. The molecule has 2 saturated heterocycles. The van der Waals surface area contributed by atoms with Crippen LogP contribution in [0.1, 0.15) is 12.8 Å². The molecule has 0 spiro atoms. The summed E-state index contributed by atoms with van der Waals surface area (Å²) in [6.45, 7) is 2.19. The molecule has 2 aliphatic heterocycles. The Labute approximate surface area is 66.9 Å². The number of ether oxygens (including phenoxy) is 1. The Kier molecular flexibility index (Phi) is 1.89. The van der Waals surface area contributed by atoms with Crippen molar-refractivity contribution in [3.05, 3.63) is 0 Å². The van der Waals surface area contributed by atoms with E-state index < -0.39 is 0 Å². The Morgan fingerprint density at radius 1 is 1.30 bits per heavy atom. The number of likely N-dealkylation sites (tertiary alicyclic amines) is 1. The third-order valence-electron chi connectivity index (χ3n) is 2.32.